The zero-order chi connectivity index (χ0) is 16.5. The van der Waals surface area contributed by atoms with Gasteiger partial charge in [-0.15, -0.1) is 0 Å². The molecule has 1 aromatic heterocycles. The molecular formula is C23H23N. The maximum Gasteiger partial charge on any atom is 0.0541 e. The van der Waals surface area contributed by atoms with Gasteiger partial charge >= 0.3 is 0 Å². The van der Waals surface area contributed by atoms with Crippen molar-refractivity contribution in [3.8, 4) is 5.69 Å². The quantitative estimate of drug-likeness (QED) is 0.395. The maximum atomic E-state index is 2.38. The summed E-state index contributed by atoms with van der Waals surface area (Å²) in [7, 11) is 0. The number of hydrogen-bond acceptors (Lipinski definition) is 0. The Morgan fingerprint density at radius 1 is 0.667 bits per heavy atom. The highest BCUT2D eigenvalue weighted by Crippen LogP contribution is 2.32. The summed E-state index contributed by atoms with van der Waals surface area (Å²) in [4.78, 5) is 0. The number of benzene rings is 3. The fourth-order valence-electron chi connectivity index (χ4n) is 3.86. The Bertz CT molecular complexity index is 919. The molecule has 0 saturated heterocycles. The lowest BCUT2D eigenvalue weighted by Gasteiger charge is -2.14. The molecule has 0 atom stereocenters. The van der Waals surface area contributed by atoms with Crippen LogP contribution in [0.15, 0.2) is 72.8 Å². The number of fused-ring (bicyclic) bond motifs is 3. The summed E-state index contributed by atoms with van der Waals surface area (Å²) in [6.45, 7) is 4.55. The summed E-state index contributed by atoms with van der Waals surface area (Å²) in [5.74, 6) is 0.664. The van der Waals surface area contributed by atoms with Gasteiger partial charge < -0.3 is 4.57 Å². The first-order valence-corrected chi connectivity index (χ1v) is 8.92. The van der Waals surface area contributed by atoms with Crippen molar-refractivity contribution in [2.75, 3.05) is 0 Å². The van der Waals surface area contributed by atoms with E-state index in [1.54, 1.807) is 0 Å². The lowest BCUT2D eigenvalue weighted by molar-refractivity contribution is 0.642. The smallest absolute Gasteiger partial charge is 0.0541 e. The van der Waals surface area contributed by atoms with Gasteiger partial charge in [0.05, 0.1) is 11.0 Å². The zero-order valence-corrected chi connectivity index (χ0v) is 14.4. The van der Waals surface area contributed by atoms with Gasteiger partial charge in [0.25, 0.3) is 0 Å². The van der Waals surface area contributed by atoms with Crippen LogP contribution in [0.3, 0.4) is 0 Å². The average molecular weight is 313 g/mol. The number of aromatic nitrogens is 1. The van der Waals surface area contributed by atoms with Crippen molar-refractivity contribution in [2.45, 2.75) is 32.6 Å². The predicted octanol–water partition coefficient (Wildman–Crippen LogP) is 6.69. The molecule has 0 aliphatic rings. The van der Waals surface area contributed by atoms with Gasteiger partial charge in [-0.3, -0.25) is 0 Å². The van der Waals surface area contributed by atoms with E-state index in [1.165, 1.54) is 45.9 Å². The highest BCUT2D eigenvalue weighted by Gasteiger charge is 2.12. The van der Waals surface area contributed by atoms with Crippen molar-refractivity contribution in [1.82, 2.24) is 4.57 Å². The van der Waals surface area contributed by atoms with Gasteiger partial charge in [-0.05, 0) is 48.6 Å². The van der Waals surface area contributed by atoms with E-state index in [1.807, 2.05) is 0 Å². The summed E-state index contributed by atoms with van der Waals surface area (Å²) in [5, 5.41) is 2.63. The fourth-order valence-corrected chi connectivity index (χ4v) is 3.86. The highest BCUT2D eigenvalue weighted by molar-refractivity contribution is 6.09. The van der Waals surface area contributed by atoms with Gasteiger partial charge in [0.15, 0.2) is 0 Å². The molecule has 24 heavy (non-hydrogen) atoms. The fraction of sp³-hybridized carbons (Fsp3) is 0.217. The summed E-state index contributed by atoms with van der Waals surface area (Å²) < 4.78 is 2.38. The Balaban J connectivity index is 1.92. The van der Waals surface area contributed by atoms with Crippen molar-refractivity contribution in [2.24, 2.45) is 0 Å². The van der Waals surface area contributed by atoms with Crippen molar-refractivity contribution in [3.05, 3.63) is 78.4 Å². The molecule has 0 bridgehead atoms. The van der Waals surface area contributed by atoms with E-state index in [0.717, 1.165) is 0 Å². The molecule has 1 heterocycles. The zero-order valence-electron chi connectivity index (χ0n) is 14.4. The molecule has 1 heteroatoms. The molecule has 0 fully saturated rings. The normalized spacial score (nSPS) is 11.6. The first-order valence-electron chi connectivity index (χ1n) is 8.92. The molecule has 0 N–H and O–H groups in total. The van der Waals surface area contributed by atoms with E-state index >= 15 is 0 Å². The van der Waals surface area contributed by atoms with E-state index in [2.05, 4.69) is 91.2 Å². The first-order chi connectivity index (χ1) is 11.8. The number of nitrogens with zero attached hydrogens (tertiary/aromatic N) is 1. The minimum Gasteiger partial charge on any atom is -0.309 e. The van der Waals surface area contributed by atoms with Gasteiger partial charge in [0.2, 0.25) is 0 Å². The van der Waals surface area contributed by atoms with E-state index in [-0.39, 0.29) is 0 Å². The second-order valence-corrected chi connectivity index (χ2v) is 6.47. The largest absolute Gasteiger partial charge is 0.309 e. The molecule has 0 unspecified atom stereocenters. The molecule has 0 amide bonds. The van der Waals surface area contributed by atoms with Crippen LogP contribution in [0.25, 0.3) is 27.5 Å². The highest BCUT2D eigenvalue weighted by atomic mass is 15.0. The molecule has 0 radical (unpaired) electrons. The molecule has 0 spiro atoms. The van der Waals surface area contributed by atoms with Crippen LogP contribution >= 0.6 is 0 Å². The van der Waals surface area contributed by atoms with E-state index in [9.17, 15) is 0 Å². The van der Waals surface area contributed by atoms with Gasteiger partial charge in [0, 0.05) is 16.5 Å². The molecule has 3 aromatic carbocycles. The molecular weight excluding hydrogens is 290 g/mol. The van der Waals surface area contributed by atoms with Crippen molar-refractivity contribution >= 4 is 21.8 Å². The van der Waals surface area contributed by atoms with Crippen LogP contribution in [0.4, 0.5) is 0 Å². The third-order valence-corrected chi connectivity index (χ3v) is 5.19. The molecule has 120 valence electrons. The van der Waals surface area contributed by atoms with Crippen LogP contribution in [-0.2, 0) is 0 Å². The molecule has 4 aromatic rings. The second-order valence-electron chi connectivity index (χ2n) is 6.47. The summed E-state index contributed by atoms with van der Waals surface area (Å²) >= 11 is 0. The van der Waals surface area contributed by atoms with Gasteiger partial charge in [-0.1, -0.05) is 62.4 Å². The summed E-state index contributed by atoms with van der Waals surface area (Å²) in [5.41, 5.74) is 5.23. The third-order valence-electron chi connectivity index (χ3n) is 5.19. The van der Waals surface area contributed by atoms with Gasteiger partial charge in [-0.2, -0.15) is 0 Å². The van der Waals surface area contributed by atoms with Crippen molar-refractivity contribution in [3.63, 3.8) is 0 Å². The van der Waals surface area contributed by atoms with Crippen LogP contribution in [0.2, 0.25) is 0 Å². The monoisotopic (exact) mass is 313 g/mol. The van der Waals surface area contributed by atoms with Crippen LogP contribution in [-0.4, -0.2) is 4.57 Å². The molecule has 0 aliphatic heterocycles. The molecule has 0 saturated carbocycles. The Labute approximate surface area is 143 Å². The average Bonchev–Trinajstić information content (AvgIpc) is 2.98. The number of rotatable bonds is 4. The van der Waals surface area contributed by atoms with Crippen LogP contribution in [0.5, 0.6) is 0 Å². The van der Waals surface area contributed by atoms with Crippen molar-refractivity contribution in [1.29, 1.82) is 0 Å². The lowest BCUT2D eigenvalue weighted by Crippen LogP contribution is -1.98. The predicted molar refractivity (Wildman–Crippen MR) is 104 cm³/mol. The number of para-hydroxylation sites is 2. The minimum absolute atomic E-state index is 0.664. The summed E-state index contributed by atoms with van der Waals surface area (Å²) in [6.07, 6.45) is 2.40. The SMILES string of the molecule is CCC(CC)c1ccc(-n2c3ccccc3c3ccccc32)cc1. The van der Waals surface area contributed by atoms with Gasteiger partial charge in [0.1, 0.15) is 0 Å². The van der Waals surface area contributed by atoms with Crippen LogP contribution < -0.4 is 0 Å². The molecule has 1 nitrogen and oxygen atoms in total. The van der Waals surface area contributed by atoms with Gasteiger partial charge in [-0.25, -0.2) is 0 Å². The Morgan fingerprint density at radius 2 is 1.17 bits per heavy atom. The first kappa shape index (κ1) is 15.0. The standard InChI is InChI=1S/C23H23N/c1-3-17(4-2)18-13-15-19(16-14-18)24-22-11-7-5-9-20(22)21-10-6-8-12-23(21)24/h5-17H,3-4H2,1-2H3. The number of hydrogen-bond donors (Lipinski definition) is 0. The Kier molecular flexibility index (Phi) is 3.86. The maximum absolute atomic E-state index is 2.38. The van der Waals surface area contributed by atoms with E-state index in [0.29, 0.717) is 5.92 Å². The third kappa shape index (κ3) is 2.32. The van der Waals surface area contributed by atoms with Crippen molar-refractivity contribution < 1.29 is 0 Å². The van der Waals surface area contributed by atoms with Crippen LogP contribution in [0.1, 0.15) is 38.2 Å². The van der Waals surface area contributed by atoms with E-state index in [4.69, 9.17) is 0 Å². The van der Waals surface area contributed by atoms with E-state index < -0.39 is 0 Å². The topological polar surface area (TPSA) is 4.93 Å². The Hall–Kier alpha value is -2.54. The molecule has 4 rings (SSSR count). The minimum atomic E-state index is 0.664. The van der Waals surface area contributed by atoms with Crippen LogP contribution in [0, 0.1) is 0 Å². The Morgan fingerprint density at radius 3 is 1.67 bits per heavy atom. The molecule has 0 aliphatic carbocycles. The lowest BCUT2D eigenvalue weighted by atomic mass is 9.94. The second kappa shape index (κ2) is 6.16. The summed E-state index contributed by atoms with van der Waals surface area (Å²) in [6, 6.07) is 26.5.